The molecule has 3 unspecified atom stereocenters. The normalized spacial score (nSPS) is 23.3. The van der Waals surface area contributed by atoms with E-state index in [0.29, 0.717) is 0 Å². The molecule has 21 heavy (non-hydrogen) atoms. The lowest BCUT2D eigenvalue weighted by atomic mass is 10.1. The van der Waals surface area contributed by atoms with E-state index >= 15 is 0 Å². The molecule has 1 fully saturated rings. The van der Waals surface area contributed by atoms with Crippen LogP contribution in [0.1, 0.15) is 36.4 Å². The number of nitrogens with zero attached hydrogens (tertiary/aromatic N) is 2. The molecule has 0 aliphatic carbocycles. The summed E-state index contributed by atoms with van der Waals surface area (Å²) in [4.78, 5) is 18.8. The highest BCUT2D eigenvalue weighted by atomic mass is 32.2. The Balaban J connectivity index is 1.95. The van der Waals surface area contributed by atoms with E-state index in [1.807, 2.05) is 48.4 Å². The molecule has 3 atom stereocenters. The van der Waals surface area contributed by atoms with Gasteiger partial charge in [-0.15, -0.1) is 11.8 Å². The van der Waals surface area contributed by atoms with Crippen LogP contribution >= 0.6 is 11.8 Å². The minimum Gasteiger partial charge on any atom is -0.319 e. The summed E-state index contributed by atoms with van der Waals surface area (Å²) in [5.41, 5.74) is 2.25. The van der Waals surface area contributed by atoms with Crippen LogP contribution in [-0.4, -0.2) is 21.0 Å². The van der Waals surface area contributed by atoms with Crippen molar-refractivity contribution in [3.05, 3.63) is 66.0 Å². The van der Waals surface area contributed by atoms with Crippen LogP contribution in [-0.2, 0) is 4.79 Å². The van der Waals surface area contributed by atoms with Crippen molar-refractivity contribution >= 4 is 17.7 Å². The monoisotopic (exact) mass is 298 g/mol. The highest BCUT2D eigenvalue weighted by molar-refractivity contribution is 8.01. The minimum absolute atomic E-state index is 0.0126. The van der Waals surface area contributed by atoms with Gasteiger partial charge in [-0.1, -0.05) is 36.4 Å². The van der Waals surface area contributed by atoms with Gasteiger partial charge in [0.1, 0.15) is 5.37 Å². The van der Waals surface area contributed by atoms with Crippen molar-refractivity contribution in [2.75, 3.05) is 0 Å². The zero-order valence-electron chi connectivity index (χ0n) is 12.1. The van der Waals surface area contributed by atoms with Gasteiger partial charge in [-0.05, 0) is 25.5 Å². The molecule has 0 bridgehead atoms. The number of hydrogen-bond donors (Lipinski definition) is 0. The average Bonchev–Trinajstić information content (AvgIpc) is 2.84. The van der Waals surface area contributed by atoms with Crippen molar-refractivity contribution in [2.24, 2.45) is 0 Å². The summed E-state index contributed by atoms with van der Waals surface area (Å²) < 4.78 is 0. The Kier molecular flexibility index (Phi) is 3.97. The van der Waals surface area contributed by atoms with Crippen LogP contribution in [0.15, 0.2) is 54.9 Å². The molecule has 2 heterocycles. The first-order chi connectivity index (χ1) is 10.2. The molecule has 2 aromatic rings. The van der Waals surface area contributed by atoms with Crippen molar-refractivity contribution in [3.8, 4) is 0 Å². The Hall–Kier alpha value is -1.81. The molecule has 4 heteroatoms. The van der Waals surface area contributed by atoms with Crippen LogP contribution in [0.3, 0.4) is 0 Å². The molecule has 3 rings (SSSR count). The van der Waals surface area contributed by atoms with E-state index in [2.05, 4.69) is 24.0 Å². The quantitative estimate of drug-likeness (QED) is 0.864. The predicted molar refractivity (Wildman–Crippen MR) is 85.7 cm³/mol. The van der Waals surface area contributed by atoms with Gasteiger partial charge in [0.05, 0.1) is 11.3 Å². The largest absolute Gasteiger partial charge is 0.319 e. The highest BCUT2D eigenvalue weighted by Gasteiger charge is 2.41. The standard InChI is InChI=1S/C17H18N2OS/c1-12(14-7-4-3-5-8-14)19-16(20)13(2)21-17(19)15-9-6-10-18-11-15/h3-13,17H,1-2H3. The zero-order chi connectivity index (χ0) is 14.8. The van der Waals surface area contributed by atoms with Gasteiger partial charge in [-0.25, -0.2) is 0 Å². The number of aromatic nitrogens is 1. The molecule has 1 aromatic heterocycles. The number of rotatable bonds is 3. The average molecular weight is 298 g/mol. The molecular formula is C17H18N2OS. The van der Waals surface area contributed by atoms with Crippen molar-refractivity contribution < 1.29 is 4.79 Å². The van der Waals surface area contributed by atoms with Crippen LogP contribution in [0.5, 0.6) is 0 Å². The molecule has 1 aromatic carbocycles. The summed E-state index contributed by atoms with van der Waals surface area (Å²) in [6.07, 6.45) is 3.62. The van der Waals surface area contributed by atoms with E-state index in [1.165, 1.54) is 0 Å². The van der Waals surface area contributed by atoms with Gasteiger partial charge in [0.2, 0.25) is 5.91 Å². The fourth-order valence-electron chi connectivity index (χ4n) is 2.69. The summed E-state index contributed by atoms with van der Waals surface area (Å²) in [6.45, 7) is 4.07. The van der Waals surface area contributed by atoms with Gasteiger partial charge in [0, 0.05) is 18.0 Å². The number of pyridine rings is 1. The van der Waals surface area contributed by atoms with E-state index in [-0.39, 0.29) is 22.6 Å². The van der Waals surface area contributed by atoms with Gasteiger partial charge in [0.15, 0.2) is 0 Å². The molecule has 0 radical (unpaired) electrons. The number of thioether (sulfide) groups is 1. The van der Waals surface area contributed by atoms with Crippen molar-refractivity contribution in [3.63, 3.8) is 0 Å². The zero-order valence-corrected chi connectivity index (χ0v) is 13.0. The third kappa shape index (κ3) is 2.68. The maximum absolute atomic E-state index is 12.6. The lowest BCUT2D eigenvalue weighted by Gasteiger charge is -2.30. The third-order valence-electron chi connectivity index (χ3n) is 3.86. The van der Waals surface area contributed by atoms with Gasteiger partial charge in [-0.2, -0.15) is 0 Å². The third-order valence-corrected chi connectivity index (χ3v) is 5.22. The maximum atomic E-state index is 12.6. The SMILES string of the molecule is CC1SC(c2cccnc2)N(C(C)c2ccccc2)C1=O. The number of carbonyl (C=O) groups is 1. The summed E-state index contributed by atoms with van der Waals surface area (Å²) in [7, 11) is 0. The minimum atomic E-state index is -0.0126. The molecular weight excluding hydrogens is 280 g/mol. The second-order valence-electron chi connectivity index (χ2n) is 5.25. The van der Waals surface area contributed by atoms with Gasteiger partial charge in [0.25, 0.3) is 0 Å². The van der Waals surface area contributed by atoms with Crippen LogP contribution in [0.2, 0.25) is 0 Å². The Morgan fingerprint density at radius 1 is 1.19 bits per heavy atom. The van der Waals surface area contributed by atoms with Crippen molar-refractivity contribution in [1.82, 2.24) is 9.88 Å². The number of amides is 1. The Labute approximate surface area is 129 Å². The first-order valence-corrected chi connectivity index (χ1v) is 8.05. The van der Waals surface area contributed by atoms with Crippen LogP contribution in [0.25, 0.3) is 0 Å². The molecule has 1 aliphatic heterocycles. The van der Waals surface area contributed by atoms with Gasteiger partial charge in [-0.3, -0.25) is 9.78 Å². The second kappa shape index (κ2) is 5.90. The molecule has 0 spiro atoms. The maximum Gasteiger partial charge on any atom is 0.237 e. The van der Waals surface area contributed by atoms with E-state index < -0.39 is 0 Å². The van der Waals surface area contributed by atoms with E-state index in [4.69, 9.17) is 0 Å². The summed E-state index contributed by atoms with van der Waals surface area (Å²) in [5.74, 6) is 0.199. The van der Waals surface area contributed by atoms with E-state index in [0.717, 1.165) is 11.1 Å². The molecule has 1 saturated heterocycles. The Morgan fingerprint density at radius 2 is 1.95 bits per heavy atom. The molecule has 1 aliphatic rings. The fraction of sp³-hybridized carbons (Fsp3) is 0.294. The number of benzene rings is 1. The Bertz CT molecular complexity index is 617. The molecule has 0 saturated carbocycles. The van der Waals surface area contributed by atoms with Gasteiger partial charge < -0.3 is 4.90 Å². The topological polar surface area (TPSA) is 33.2 Å². The van der Waals surface area contributed by atoms with Crippen molar-refractivity contribution in [1.29, 1.82) is 0 Å². The molecule has 1 amide bonds. The lowest BCUT2D eigenvalue weighted by Crippen LogP contribution is -2.32. The molecule has 0 N–H and O–H groups in total. The summed E-state index contributed by atoms with van der Waals surface area (Å²) >= 11 is 1.69. The fourth-order valence-corrected chi connectivity index (χ4v) is 4.03. The summed E-state index contributed by atoms with van der Waals surface area (Å²) in [6, 6.07) is 14.2. The predicted octanol–water partition coefficient (Wildman–Crippen LogP) is 3.81. The highest BCUT2D eigenvalue weighted by Crippen LogP contribution is 2.46. The van der Waals surface area contributed by atoms with Gasteiger partial charge >= 0.3 is 0 Å². The van der Waals surface area contributed by atoms with Crippen LogP contribution in [0, 0.1) is 0 Å². The number of hydrogen-bond acceptors (Lipinski definition) is 3. The number of carbonyl (C=O) groups excluding carboxylic acids is 1. The first-order valence-electron chi connectivity index (χ1n) is 7.11. The first kappa shape index (κ1) is 14.1. The summed E-state index contributed by atoms with van der Waals surface area (Å²) in [5, 5.41) is 0.0257. The van der Waals surface area contributed by atoms with Crippen LogP contribution < -0.4 is 0 Å². The van der Waals surface area contributed by atoms with E-state index in [9.17, 15) is 4.79 Å². The molecule has 108 valence electrons. The second-order valence-corrected chi connectivity index (χ2v) is 6.67. The molecule has 3 nitrogen and oxygen atoms in total. The Morgan fingerprint density at radius 3 is 2.62 bits per heavy atom. The van der Waals surface area contributed by atoms with Crippen molar-refractivity contribution in [2.45, 2.75) is 30.5 Å². The smallest absolute Gasteiger partial charge is 0.237 e. The lowest BCUT2D eigenvalue weighted by molar-refractivity contribution is -0.131. The van der Waals surface area contributed by atoms with Crippen LogP contribution in [0.4, 0.5) is 0 Å². The van der Waals surface area contributed by atoms with E-state index in [1.54, 1.807) is 18.0 Å².